The molecule has 0 saturated carbocycles. The number of imidazole rings is 1. The van der Waals surface area contributed by atoms with Gasteiger partial charge in [-0.2, -0.15) is 0 Å². The molecular weight excluding hydrogens is 238 g/mol. The Morgan fingerprint density at radius 3 is 2.95 bits per heavy atom. The predicted molar refractivity (Wildman–Crippen MR) is 76.3 cm³/mol. The third-order valence-electron chi connectivity index (χ3n) is 3.11. The van der Waals surface area contributed by atoms with Gasteiger partial charge in [0.2, 0.25) is 0 Å². The number of ether oxygens (including phenoxy) is 1. The zero-order valence-corrected chi connectivity index (χ0v) is 11.6. The van der Waals surface area contributed by atoms with Crippen LogP contribution in [0.5, 0.6) is 5.75 Å². The molecule has 0 radical (unpaired) electrons. The van der Waals surface area contributed by atoms with Crippen LogP contribution in [0.15, 0.2) is 30.6 Å². The van der Waals surface area contributed by atoms with E-state index in [1.807, 2.05) is 12.3 Å². The molecule has 1 heterocycles. The fraction of sp³-hybridized carbons (Fsp3) is 0.400. The largest absolute Gasteiger partial charge is 0.496 e. The number of H-pyrrole nitrogens is 1. The number of hydrogen-bond donors (Lipinski definition) is 2. The van der Waals surface area contributed by atoms with Crippen LogP contribution >= 0.6 is 0 Å². The molecule has 2 rings (SSSR count). The van der Waals surface area contributed by atoms with E-state index in [1.54, 1.807) is 13.3 Å². The van der Waals surface area contributed by atoms with Crippen molar-refractivity contribution in [2.45, 2.75) is 26.3 Å². The van der Waals surface area contributed by atoms with E-state index in [2.05, 4.69) is 34.3 Å². The molecule has 0 aliphatic carbocycles. The monoisotopic (exact) mass is 259 g/mol. The minimum atomic E-state index is 0.892. The summed E-state index contributed by atoms with van der Waals surface area (Å²) >= 11 is 0. The fourth-order valence-corrected chi connectivity index (χ4v) is 2.10. The topological polar surface area (TPSA) is 49.9 Å². The van der Waals surface area contributed by atoms with Gasteiger partial charge in [-0.15, -0.1) is 0 Å². The van der Waals surface area contributed by atoms with Crippen LogP contribution < -0.4 is 10.1 Å². The van der Waals surface area contributed by atoms with Crippen LogP contribution in [0.25, 0.3) is 0 Å². The molecule has 0 amide bonds. The van der Waals surface area contributed by atoms with Gasteiger partial charge in [0.05, 0.1) is 7.11 Å². The van der Waals surface area contributed by atoms with Crippen molar-refractivity contribution in [3.63, 3.8) is 0 Å². The summed E-state index contributed by atoms with van der Waals surface area (Å²) in [6.07, 6.45) is 5.73. The molecular formula is C15H21N3O. The van der Waals surface area contributed by atoms with Gasteiger partial charge in [0.25, 0.3) is 0 Å². The summed E-state index contributed by atoms with van der Waals surface area (Å²) in [5, 5.41) is 3.45. The third-order valence-corrected chi connectivity index (χ3v) is 3.11. The van der Waals surface area contributed by atoms with Crippen molar-refractivity contribution in [3.8, 4) is 5.75 Å². The first kappa shape index (κ1) is 13.6. The molecule has 2 aromatic rings. The van der Waals surface area contributed by atoms with E-state index < -0.39 is 0 Å². The van der Waals surface area contributed by atoms with Gasteiger partial charge in [0, 0.05) is 25.4 Å². The Morgan fingerprint density at radius 2 is 2.26 bits per heavy atom. The zero-order valence-electron chi connectivity index (χ0n) is 11.6. The number of aromatic nitrogens is 2. The summed E-state index contributed by atoms with van der Waals surface area (Å²) in [5.41, 5.74) is 2.47. The van der Waals surface area contributed by atoms with Crippen LogP contribution in [-0.4, -0.2) is 23.6 Å². The smallest absolute Gasteiger partial charge is 0.121 e. The van der Waals surface area contributed by atoms with Crippen molar-refractivity contribution in [1.82, 2.24) is 15.3 Å². The highest BCUT2D eigenvalue weighted by atomic mass is 16.5. The van der Waals surface area contributed by atoms with Crippen LogP contribution in [0, 0.1) is 6.92 Å². The van der Waals surface area contributed by atoms with Crippen LogP contribution in [0.4, 0.5) is 0 Å². The quantitative estimate of drug-likeness (QED) is 0.751. The molecule has 102 valence electrons. The molecule has 19 heavy (non-hydrogen) atoms. The van der Waals surface area contributed by atoms with E-state index >= 15 is 0 Å². The van der Waals surface area contributed by atoms with Gasteiger partial charge in [-0.3, -0.25) is 0 Å². The van der Waals surface area contributed by atoms with E-state index in [9.17, 15) is 0 Å². The second kappa shape index (κ2) is 6.95. The van der Waals surface area contributed by atoms with Gasteiger partial charge >= 0.3 is 0 Å². The second-order valence-electron chi connectivity index (χ2n) is 4.62. The Balaban J connectivity index is 1.69. The van der Waals surface area contributed by atoms with Crippen LogP contribution in [0.2, 0.25) is 0 Å². The first-order chi connectivity index (χ1) is 9.29. The van der Waals surface area contributed by atoms with E-state index in [-0.39, 0.29) is 0 Å². The molecule has 0 atom stereocenters. The highest BCUT2D eigenvalue weighted by Gasteiger charge is 2.00. The van der Waals surface area contributed by atoms with Crippen molar-refractivity contribution in [3.05, 3.63) is 47.5 Å². The van der Waals surface area contributed by atoms with Crippen molar-refractivity contribution in [2.75, 3.05) is 13.7 Å². The maximum absolute atomic E-state index is 5.25. The van der Waals surface area contributed by atoms with E-state index in [0.717, 1.165) is 37.5 Å². The number of nitrogens with zero attached hydrogens (tertiary/aromatic N) is 1. The first-order valence-electron chi connectivity index (χ1n) is 6.62. The predicted octanol–water partition coefficient (Wildman–Crippen LogP) is 2.45. The van der Waals surface area contributed by atoms with Crippen molar-refractivity contribution < 1.29 is 4.74 Å². The second-order valence-corrected chi connectivity index (χ2v) is 4.62. The maximum Gasteiger partial charge on any atom is 0.121 e. The molecule has 1 aromatic carbocycles. The molecule has 4 heteroatoms. The van der Waals surface area contributed by atoms with E-state index in [1.165, 1.54) is 11.1 Å². The highest BCUT2D eigenvalue weighted by Crippen LogP contribution is 2.18. The molecule has 0 unspecified atom stereocenters. The zero-order chi connectivity index (χ0) is 13.5. The number of aromatic amines is 1. The maximum atomic E-state index is 5.25. The van der Waals surface area contributed by atoms with Gasteiger partial charge in [-0.25, -0.2) is 4.98 Å². The molecule has 0 saturated heterocycles. The molecule has 4 nitrogen and oxygen atoms in total. The number of aryl methyl sites for hydroxylation is 2. The third kappa shape index (κ3) is 4.10. The Hall–Kier alpha value is -1.81. The lowest BCUT2D eigenvalue weighted by Gasteiger charge is -2.08. The van der Waals surface area contributed by atoms with E-state index in [0.29, 0.717) is 0 Å². The molecule has 0 spiro atoms. The summed E-state index contributed by atoms with van der Waals surface area (Å²) in [4.78, 5) is 7.32. The number of nitrogens with one attached hydrogen (secondary N) is 2. The normalized spacial score (nSPS) is 10.6. The molecule has 0 aliphatic rings. The average Bonchev–Trinajstić information content (AvgIpc) is 2.92. The van der Waals surface area contributed by atoms with Gasteiger partial charge in [0.15, 0.2) is 0 Å². The Labute approximate surface area is 114 Å². The summed E-state index contributed by atoms with van der Waals surface area (Å²) in [5.74, 6) is 2.00. The minimum absolute atomic E-state index is 0.892. The van der Waals surface area contributed by atoms with Crippen molar-refractivity contribution in [2.24, 2.45) is 0 Å². The number of rotatable bonds is 7. The average molecular weight is 259 g/mol. The molecule has 0 bridgehead atoms. The Bertz CT molecular complexity index is 494. The first-order valence-corrected chi connectivity index (χ1v) is 6.62. The molecule has 0 fully saturated rings. The molecule has 0 aliphatic heterocycles. The minimum Gasteiger partial charge on any atom is -0.496 e. The summed E-state index contributed by atoms with van der Waals surface area (Å²) in [7, 11) is 1.70. The summed E-state index contributed by atoms with van der Waals surface area (Å²) in [6, 6.07) is 6.29. The lowest BCUT2D eigenvalue weighted by Crippen LogP contribution is -2.15. The SMILES string of the molecule is COc1ccc(CNCCCc2ncc[nH]2)cc1C. The van der Waals surface area contributed by atoms with E-state index in [4.69, 9.17) is 4.74 Å². The molecule has 1 aromatic heterocycles. The Morgan fingerprint density at radius 1 is 1.37 bits per heavy atom. The fourth-order valence-electron chi connectivity index (χ4n) is 2.10. The van der Waals surface area contributed by atoms with Crippen molar-refractivity contribution in [1.29, 1.82) is 0 Å². The van der Waals surface area contributed by atoms with Gasteiger partial charge < -0.3 is 15.0 Å². The van der Waals surface area contributed by atoms with Gasteiger partial charge in [-0.1, -0.05) is 12.1 Å². The summed E-state index contributed by atoms with van der Waals surface area (Å²) < 4.78 is 5.25. The standard InChI is InChI=1S/C15H21N3O/c1-12-10-13(5-6-14(12)19-2)11-16-7-3-4-15-17-8-9-18-15/h5-6,8-10,16H,3-4,7,11H2,1-2H3,(H,17,18). The van der Waals surface area contributed by atoms with Gasteiger partial charge in [-0.05, 0) is 37.1 Å². The number of methoxy groups -OCH3 is 1. The van der Waals surface area contributed by atoms with Crippen molar-refractivity contribution >= 4 is 0 Å². The summed E-state index contributed by atoms with van der Waals surface area (Å²) in [6.45, 7) is 3.95. The van der Waals surface area contributed by atoms with Crippen LogP contribution in [0.1, 0.15) is 23.4 Å². The number of hydrogen-bond acceptors (Lipinski definition) is 3. The van der Waals surface area contributed by atoms with Gasteiger partial charge in [0.1, 0.15) is 11.6 Å². The van der Waals surface area contributed by atoms with Crippen LogP contribution in [-0.2, 0) is 13.0 Å². The molecule has 2 N–H and O–H groups in total. The Kier molecular flexibility index (Phi) is 4.98. The highest BCUT2D eigenvalue weighted by molar-refractivity contribution is 5.36. The lowest BCUT2D eigenvalue weighted by atomic mass is 10.1. The number of benzene rings is 1. The van der Waals surface area contributed by atoms with Crippen LogP contribution in [0.3, 0.4) is 0 Å². The lowest BCUT2D eigenvalue weighted by molar-refractivity contribution is 0.411.